The Bertz CT molecular complexity index is 803. The molecular formula is C19H27ClN4O2. The third-order valence-corrected chi connectivity index (χ3v) is 5.63. The van der Waals surface area contributed by atoms with Gasteiger partial charge in [-0.2, -0.15) is 5.10 Å². The van der Waals surface area contributed by atoms with Crippen LogP contribution >= 0.6 is 11.6 Å². The summed E-state index contributed by atoms with van der Waals surface area (Å²) in [6.45, 7) is 9.81. The number of aryl methyl sites for hydroxylation is 2. The van der Waals surface area contributed by atoms with Crippen molar-refractivity contribution >= 4 is 17.5 Å². The van der Waals surface area contributed by atoms with Crippen LogP contribution in [0.15, 0.2) is 10.7 Å². The molecule has 1 aliphatic rings. The van der Waals surface area contributed by atoms with Gasteiger partial charge < -0.3 is 9.42 Å². The lowest BCUT2D eigenvalue weighted by atomic mass is 9.71. The molecule has 142 valence electrons. The molecule has 0 saturated heterocycles. The summed E-state index contributed by atoms with van der Waals surface area (Å²) in [5.74, 6) is 1.23. The van der Waals surface area contributed by atoms with E-state index in [-0.39, 0.29) is 11.3 Å². The van der Waals surface area contributed by atoms with Crippen molar-refractivity contribution in [2.45, 2.75) is 60.0 Å². The van der Waals surface area contributed by atoms with E-state index in [9.17, 15) is 4.79 Å². The van der Waals surface area contributed by atoms with Crippen molar-refractivity contribution in [2.75, 3.05) is 7.05 Å². The van der Waals surface area contributed by atoms with Gasteiger partial charge in [0, 0.05) is 31.8 Å². The molecule has 6 nitrogen and oxygen atoms in total. The summed E-state index contributed by atoms with van der Waals surface area (Å²) in [6.07, 6.45) is 4.52. The van der Waals surface area contributed by atoms with Gasteiger partial charge in [0.25, 0.3) is 5.91 Å². The predicted octanol–water partition coefficient (Wildman–Crippen LogP) is 3.97. The smallest absolute Gasteiger partial charge is 0.276 e. The molecule has 0 aromatic carbocycles. The Morgan fingerprint density at radius 2 is 2.19 bits per heavy atom. The molecule has 0 fully saturated rings. The van der Waals surface area contributed by atoms with Gasteiger partial charge in [-0.3, -0.25) is 9.48 Å². The van der Waals surface area contributed by atoms with Crippen LogP contribution in [-0.2, 0) is 25.9 Å². The van der Waals surface area contributed by atoms with E-state index < -0.39 is 0 Å². The standard InChI is InChI=1S/C19H27ClN4O2/c1-6-24-10-14(20)15(21-24)11-23(5)18(25)17-13-9-12(19(2,3)4)7-8-16(13)26-22-17/h10,12H,6-9,11H2,1-5H3/t12-/m1/s1. The maximum atomic E-state index is 13.0. The molecule has 0 radical (unpaired) electrons. The van der Waals surface area contributed by atoms with Crippen LogP contribution < -0.4 is 0 Å². The molecule has 3 rings (SSSR count). The van der Waals surface area contributed by atoms with Gasteiger partial charge in [0.15, 0.2) is 5.69 Å². The number of carbonyl (C=O) groups is 1. The third kappa shape index (κ3) is 3.65. The van der Waals surface area contributed by atoms with Crippen molar-refractivity contribution < 1.29 is 9.32 Å². The first-order valence-electron chi connectivity index (χ1n) is 9.15. The number of nitrogens with zero attached hydrogens (tertiary/aromatic N) is 4. The molecule has 0 aliphatic heterocycles. The quantitative estimate of drug-likeness (QED) is 0.807. The number of hydrogen-bond donors (Lipinski definition) is 0. The molecule has 0 bridgehead atoms. The normalized spacial score (nSPS) is 17.2. The van der Waals surface area contributed by atoms with Crippen LogP contribution in [0.3, 0.4) is 0 Å². The Balaban J connectivity index is 1.78. The van der Waals surface area contributed by atoms with Gasteiger partial charge in [-0.25, -0.2) is 0 Å². The Morgan fingerprint density at radius 1 is 1.46 bits per heavy atom. The Morgan fingerprint density at radius 3 is 2.81 bits per heavy atom. The van der Waals surface area contributed by atoms with E-state index in [0.717, 1.165) is 37.1 Å². The van der Waals surface area contributed by atoms with E-state index in [1.165, 1.54) is 0 Å². The summed E-state index contributed by atoms with van der Waals surface area (Å²) >= 11 is 6.23. The number of rotatable bonds is 4. The monoisotopic (exact) mass is 378 g/mol. The predicted molar refractivity (Wildman–Crippen MR) is 100 cm³/mol. The van der Waals surface area contributed by atoms with Crippen LogP contribution in [0.4, 0.5) is 0 Å². The van der Waals surface area contributed by atoms with E-state index >= 15 is 0 Å². The summed E-state index contributed by atoms with van der Waals surface area (Å²) in [6, 6.07) is 0. The number of fused-ring (bicyclic) bond motifs is 1. The first kappa shape index (κ1) is 19.0. The Hall–Kier alpha value is -1.82. The Kier molecular flexibility index (Phi) is 5.15. The van der Waals surface area contributed by atoms with Crippen LogP contribution in [0.1, 0.15) is 61.6 Å². The van der Waals surface area contributed by atoms with Gasteiger partial charge >= 0.3 is 0 Å². The van der Waals surface area contributed by atoms with E-state index in [1.807, 2.05) is 6.92 Å². The molecule has 1 aliphatic carbocycles. The molecule has 0 unspecified atom stereocenters. The number of hydrogen-bond acceptors (Lipinski definition) is 4. The zero-order valence-corrected chi connectivity index (χ0v) is 16.9. The van der Waals surface area contributed by atoms with Gasteiger partial charge in [0.2, 0.25) is 0 Å². The highest BCUT2D eigenvalue weighted by atomic mass is 35.5. The van der Waals surface area contributed by atoms with Gasteiger partial charge in [0.05, 0.1) is 11.6 Å². The van der Waals surface area contributed by atoms with Crippen LogP contribution in [0.2, 0.25) is 5.02 Å². The first-order chi connectivity index (χ1) is 12.2. The summed E-state index contributed by atoms with van der Waals surface area (Å²) in [5.41, 5.74) is 2.29. The fourth-order valence-electron chi connectivity index (χ4n) is 3.49. The highest BCUT2D eigenvalue weighted by molar-refractivity contribution is 6.31. The van der Waals surface area contributed by atoms with Gasteiger partial charge in [-0.1, -0.05) is 37.5 Å². The zero-order chi connectivity index (χ0) is 19.1. The molecule has 0 N–H and O–H groups in total. The molecule has 2 aromatic heterocycles. The molecule has 7 heteroatoms. The highest BCUT2D eigenvalue weighted by Gasteiger charge is 2.34. The summed E-state index contributed by atoms with van der Waals surface area (Å²) in [5, 5.41) is 9.08. The average Bonchev–Trinajstić information content (AvgIpc) is 3.16. The maximum absolute atomic E-state index is 13.0. The molecule has 2 aromatic rings. The van der Waals surface area contributed by atoms with E-state index in [1.54, 1.807) is 22.8 Å². The molecule has 26 heavy (non-hydrogen) atoms. The summed E-state index contributed by atoms with van der Waals surface area (Å²) < 4.78 is 7.24. The van der Waals surface area contributed by atoms with Crippen LogP contribution in [-0.4, -0.2) is 32.8 Å². The van der Waals surface area contributed by atoms with Gasteiger partial charge in [-0.05, 0) is 31.1 Å². The number of carbonyl (C=O) groups excluding carboxylic acids is 1. The second-order valence-corrected chi connectivity index (χ2v) is 8.59. The second kappa shape index (κ2) is 7.06. The first-order valence-corrected chi connectivity index (χ1v) is 9.53. The van der Waals surface area contributed by atoms with Crippen molar-refractivity contribution in [1.29, 1.82) is 0 Å². The number of amides is 1. The Labute approximate surface area is 159 Å². The number of halogens is 1. The molecule has 1 atom stereocenters. The molecule has 2 heterocycles. The van der Waals surface area contributed by atoms with Crippen LogP contribution in [0, 0.1) is 11.3 Å². The van der Waals surface area contributed by atoms with Crippen molar-refractivity contribution in [2.24, 2.45) is 11.3 Å². The average molecular weight is 379 g/mol. The minimum atomic E-state index is -0.147. The topological polar surface area (TPSA) is 64.2 Å². The molecule has 1 amide bonds. The molecule has 0 spiro atoms. The van der Waals surface area contributed by atoms with Crippen LogP contribution in [0.25, 0.3) is 0 Å². The van der Waals surface area contributed by atoms with Gasteiger partial charge in [-0.15, -0.1) is 0 Å². The lowest BCUT2D eigenvalue weighted by Gasteiger charge is -2.33. The largest absolute Gasteiger partial charge is 0.360 e. The summed E-state index contributed by atoms with van der Waals surface area (Å²) in [7, 11) is 1.74. The lowest BCUT2D eigenvalue weighted by molar-refractivity contribution is 0.0771. The molecule has 0 saturated carbocycles. The lowest BCUT2D eigenvalue weighted by Crippen LogP contribution is -2.30. The SMILES string of the molecule is CCn1cc(Cl)c(CN(C)C(=O)c2noc3c2C[C@H](C(C)(C)C)CC3)n1. The van der Waals surface area contributed by atoms with E-state index in [0.29, 0.717) is 28.9 Å². The van der Waals surface area contributed by atoms with Crippen molar-refractivity contribution in [3.8, 4) is 0 Å². The second-order valence-electron chi connectivity index (χ2n) is 8.18. The number of aromatic nitrogens is 3. The maximum Gasteiger partial charge on any atom is 0.276 e. The van der Waals surface area contributed by atoms with E-state index in [2.05, 4.69) is 31.0 Å². The van der Waals surface area contributed by atoms with Gasteiger partial charge in [0.1, 0.15) is 11.5 Å². The zero-order valence-electron chi connectivity index (χ0n) is 16.2. The van der Waals surface area contributed by atoms with Crippen molar-refractivity contribution in [1.82, 2.24) is 19.8 Å². The summed E-state index contributed by atoms with van der Waals surface area (Å²) in [4.78, 5) is 14.6. The minimum absolute atomic E-state index is 0.147. The molecular weight excluding hydrogens is 352 g/mol. The fraction of sp³-hybridized carbons (Fsp3) is 0.632. The third-order valence-electron chi connectivity index (χ3n) is 5.31. The minimum Gasteiger partial charge on any atom is -0.360 e. The fourth-order valence-corrected chi connectivity index (χ4v) is 3.70. The highest BCUT2D eigenvalue weighted by Crippen LogP contribution is 2.38. The van der Waals surface area contributed by atoms with Crippen molar-refractivity contribution in [3.63, 3.8) is 0 Å². The van der Waals surface area contributed by atoms with Crippen molar-refractivity contribution in [3.05, 3.63) is 33.9 Å². The van der Waals surface area contributed by atoms with E-state index in [4.69, 9.17) is 16.1 Å². The van der Waals surface area contributed by atoms with Crippen LogP contribution in [0.5, 0.6) is 0 Å².